The third kappa shape index (κ3) is 7.69. The molecule has 170 valence electrons. The fourth-order valence-corrected chi connectivity index (χ4v) is 3.11. The molecule has 0 saturated heterocycles. The summed E-state index contributed by atoms with van der Waals surface area (Å²) in [5.74, 6) is -0.484. The number of carbonyl (C=O) groups is 3. The number of aryl methyl sites for hydroxylation is 1. The van der Waals surface area contributed by atoms with Crippen LogP contribution < -0.4 is 20.2 Å². The van der Waals surface area contributed by atoms with Crippen LogP contribution in [0.2, 0.25) is 0 Å². The Bertz CT molecular complexity index is 1010. The van der Waals surface area contributed by atoms with Crippen LogP contribution in [0.25, 0.3) is 0 Å². The van der Waals surface area contributed by atoms with E-state index in [1.165, 1.54) is 20.4 Å². The number of hydrogen-bond donors (Lipinski definition) is 2. The van der Waals surface area contributed by atoms with Crippen LogP contribution in [0.3, 0.4) is 0 Å². The molecule has 0 atom stereocenters. The summed E-state index contributed by atoms with van der Waals surface area (Å²) in [7, 11) is 2.72. The van der Waals surface area contributed by atoms with Gasteiger partial charge in [-0.25, -0.2) is 10.2 Å². The van der Waals surface area contributed by atoms with Crippen LogP contribution in [0.15, 0.2) is 46.0 Å². The highest BCUT2D eigenvalue weighted by molar-refractivity contribution is 9.10. The Kier molecular flexibility index (Phi) is 9.68. The quantitative estimate of drug-likeness (QED) is 0.291. The zero-order valence-corrected chi connectivity index (χ0v) is 19.5. The Morgan fingerprint density at radius 1 is 1.09 bits per heavy atom. The van der Waals surface area contributed by atoms with E-state index in [0.717, 1.165) is 11.3 Å². The summed E-state index contributed by atoms with van der Waals surface area (Å²) in [5, 5.41) is 6.68. The Morgan fingerprint density at radius 2 is 1.81 bits per heavy atom. The van der Waals surface area contributed by atoms with E-state index in [2.05, 4.69) is 36.5 Å². The second-order valence-electron chi connectivity index (χ2n) is 6.56. The molecule has 0 saturated carbocycles. The van der Waals surface area contributed by atoms with Gasteiger partial charge in [-0.2, -0.15) is 5.10 Å². The van der Waals surface area contributed by atoms with Crippen molar-refractivity contribution in [1.82, 2.24) is 5.43 Å². The number of nitrogens with one attached hydrogen (secondary N) is 2. The van der Waals surface area contributed by atoms with Crippen LogP contribution in [-0.2, 0) is 19.1 Å². The minimum Gasteiger partial charge on any atom is -0.493 e. The van der Waals surface area contributed by atoms with Crippen LogP contribution in [0.4, 0.5) is 5.69 Å². The van der Waals surface area contributed by atoms with Crippen molar-refractivity contribution >= 4 is 45.6 Å². The highest BCUT2D eigenvalue weighted by atomic mass is 79.9. The summed E-state index contributed by atoms with van der Waals surface area (Å²) in [5.41, 5.74) is 4.65. The first-order valence-electron chi connectivity index (χ1n) is 9.58. The first-order valence-corrected chi connectivity index (χ1v) is 10.4. The van der Waals surface area contributed by atoms with Gasteiger partial charge >= 0.3 is 5.97 Å². The summed E-state index contributed by atoms with van der Waals surface area (Å²) in [6.07, 6.45) is 1.44. The van der Waals surface area contributed by atoms with Gasteiger partial charge in [-0.15, -0.1) is 0 Å². The van der Waals surface area contributed by atoms with Gasteiger partial charge in [0.25, 0.3) is 0 Å². The number of carbonyl (C=O) groups excluding carboxylic acids is 3. The number of esters is 1. The number of methoxy groups -OCH3 is 2. The molecule has 32 heavy (non-hydrogen) atoms. The molecule has 0 aliphatic carbocycles. The van der Waals surface area contributed by atoms with E-state index < -0.39 is 11.9 Å². The number of anilines is 1. The summed E-state index contributed by atoms with van der Waals surface area (Å²) >= 11 is 3.35. The Balaban J connectivity index is 1.88. The zero-order chi connectivity index (χ0) is 23.5. The number of benzene rings is 2. The van der Waals surface area contributed by atoms with Gasteiger partial charge in [0.2, 0.25) is 11.8 Å². The van der Waals surface area contributed by atoms with Crippen LogP contribution in [0.1, 0.15) is 24.0 Å². The van der Waals surface area contributed by atoms with Crippen molar-refractivity contribution < 1.29 is 28.6 Å². The molecule has 0 heterocycles. The Hall–Kier alpha value is -3.40. The SMILES string of the molecule is COC(=O)COc1c(Br)cc(C=NNC(=O)CCC(=O)Nc2ccccc2C)cc1OC. The molecule has 0 radical (unpaired) electrons. The van der Waals surface area contributed by atoms with Crippen molar-refractivity contribution in [2.45, 2.75) is 19.8 Å². The minimum atomic E-state index is -0.528. The van der Waals surface area contributed by atoms with Crippen molar-refractivity contribution in [2.24, 2.45) is 5.10 Å². The van der Waals surface area contributed by atoms with Gasteiger partial charge in [0.15, 0.2) is 18.1 Å². The van der Waals surface area contributed by atoms with Gasteiger partial charge in [-0.1, -0.05) is 18.2 Å². The number of rotatable bonds is 10. The number of halogens is 1. The number of amides is 2. The summed E-state index contributed by atoms with van der Waals surface area (Å²) in [6, 6.07) is 10.7. The smallest absolute Gasteiger partial charge is 0.343 e. The van der Waals surface area contributed by atoms with Gasteiger partial charge in [-0.3, -0.25) is 9.59 Å². The lowest BCUT2D eigenvalue weighted by Gasteiger charge is -2.12. The lowest BCUT2D eigenvalue weighted by atomic mass is 10.2. The summed E-state index contributed by atoms with van der Waals surface area (Å²) < 4.78 is 15.8. The molecule has 0 bridgehead atoms. The first kappa shape index (κ1) is 24.9. The largest absolute Gasteiger partial charge is 0.493 e. The van der Waals surface area contributed by atoms with E-state index in [0.29, 0.717) is 21.5 Å². The molecule has 2 amide bonds. The molecule has 10 heteroatoms. The predicted octanol–water partition coefficient (Wildman–Crippen LogP) is 3.19. The third-order valence-electron chi connectivity index (χ3n) is 4.21. The molecule has 2 rings (SSSR count). The molecular weight excluding hydrogens is 482 g/mol. The number of nitrogens with zero attached hydrogens (tertiary/aromatic N) is 1. The number of para-hydroxylation sites is 1. The van der Waals surface area contributed by atoms with Gasteiger partial charge < -0.3 is 19.5 Å². The standard InChI is InChI=1S/C22H24BrN3O6/c1-14-6-4-5-7-17(14)25-19(27)8-9-20(28)26-24-12-15-10-16(23)22(18(11-15)30-2)32-13-21(29)31-3/h4-7,10-12H,8-9,13H2,1-3H3,(H,25,27)(H,26,28). The highest BCUT2D eigenvalue weighted by Crippen LogP contribution is 2.36. The maximum Gasteiger partial charge on any atom is 0.343 e. The van der Waals surface area contributed by atoms with E-state index in [-0.39, 0.29) is 25.4 Å². The maximum atomic E-state index is 12.0. The van der Waals surface area contributed by atoms with E-state index in [9.17, 15) is 14.4 Å². The molecule has 0 spiro atoms. The molecule has 2 aromatic carbocycles. The number of hydrazone groups is 1. The van der Waals surface area contributed by atoms with Crippen molar-refractivity contribution in [1.29, 1.82) is 0 Å². The second kappa shape index (κ2) is 12.5. The van der Waals surface area contributed by atoms with Crippen molar-refractivity contribution in [3.05, 3.63) is 52.0 Å². The Labute approximate surface area is 194 Å². The van der Waals surface area contributed by atoms with Crippen molar-refractivity contribution in [2.75, 3.05) is 26.1 Å². The van der Waals surface area contributed by atoms with E-state index in [4.69, 9.17) is 9.47 Å². The normalized spacial score (nSPS) is 10.5. The molecule has 0 unspecified atom stereocenters. The summed E-state index contributed by atoms with van der Waals surface area (Å²) in [6.45, 7) is 1.62. The average Bonchev–Trinajstić information content (AvgIpc) is 2.78. The molecular formula is C22H24BrN3O6. The molecule has 2 N–H and O–H groups in total. The second-order valence-corrected chi connectivity index (χ2v) is 7.41. The number of ether oxygens (including phenoxy) is 3. The monoisotopic (exact) mass is 505 g/mol. The molecule has 0 fully saturated rings. The molecule has 2 aromatic rings. The van der Waals surface area contributed by atoms with Crippen LogP contribution in [0, 0.1) is 6.92 Å². The topological polar surface area (TPSA) is 115 Å². The first-order chi connectivity index (χ1) is 15.3. The molecule has 0 aliphatic rings. The van der Waals surface area contributed by atoms with E-state index >= 15 is 0 Å². The lowest BCUT2D eigenvalue weighted by Crippen LogP contribution is -2.20. The molecule has 0 aromatic heterocycles. The van der Waals surface area contributed by atoms with Crippen molar-refractivity contribution in [3.8, 4) is 11.5 Å². The Morgan fingerprint density at radius 3 is 2.50 bits per heavy atom. The fourth-order valence-electron chi connectivity index (χ4n) is 2.53. The van der Waals surface area contributed by atoms with Crippen LogP contribution in [0.5, 0.6) is 11.5 Å². The van der Waals surface area contributed by atoms with Crippen LogP contribution in [-0.4, -0.2) is 44.8 Å². The number of hydrogen-bond acceptors (Lipinski definition) is 7. The van der Waals surface area contributed by atoms with Gasteiger partial charge in [0, 0.05) is 18.5 Å². The predicted molar refractivity (Wildman–Crippen MR) is 123 cm³/mol. The van der Waals surface area contributed by atoms with Crippen molar-refractivity contribution in [3.63, 3.8) is 0 Å². The van der Waals surface area contributed by atoms with Crippen LogP contribution >= 0.6 is 15.9 Å². The van der Waals surface area contributed by atoms with Gasteiger partial charge in [-0.05, 0) is 52.2 Å². The lowest BCUT2D eigenvalue weighted by molar-refractivity contribution is -0.143. The van der Waals surface area contributed by atoms with Gasteiger partial charge in [0.05, 0.1) is 24.9 Å². The fraction of sp³-hybridized carbons (Fsp3) is 0.273. The third-order valence-corrected chi connectivity index (χ3v) is 4.80. The van der Waals surface area contributed by atoms with E-state index in [1.54, 1.807) is 18.2 Å². The highest BCUT2D eigenvalue weighted by Gasteiger charge is 2.13. The molecule has 9 nitrogen and oxygen atoms in total. The van der Waals surface area contributed by atoms with E-state index in [1.807, 2.05) is 25.1 Å². The maximum absolute atomic E-state index is 12.0. The average molecular weight is 506 g/mol. The summed E-state index contributed by atoms with van der Waals surface area (Å²) in [4.78, 5) is 35.3. The minimum absolute atomic E-state index is 0.0115. The molecule has 0 aliphatic heterocycles. The zero-order valence-electron chi connectivity index (χ0n) is 17.9. The van der Waals surface area contributed by atoms with Gasteiger partial charge in [0.1, 0.15) is 0 Å².